The van der Waals surface area contributed by atoms with Crippen LogP contribution in [-0.2, 0) is 21.0 Å². The number of carboxylic acid groups (broad SMARTS) is 1. The van der Waals surface area contributed by atoms with E-state index < -0.39 is 27.7 Å². The van der Waals surface area contributed by atoms with E-state index in [0.29, 0.717) is 12.4 Å². The highest BCUT2D eigenvalue weighted by Gasteiger charge is 2.38. The number of nitrogens with zero attached hydrogens (tertiary/aromatic N) is 3. The van der Waals surface area contributed by atoms with E-state index in [-0.39, 0.29) is 23.5 Å². The Balaban J connectivity index is 0.000000751. The second-order valence-corrected chi connectivity index (χ2v) is 10.8. The van der Waals surface area contributed by atoms with Gasteiger partial charge in [-0.3, -0.25) is 4.79 Å². The fraction of sp³-hybridized carbons (Fsp3) is 0.364. The van der Waals surface area contributed by atoms with Gasteiger partial charge in [0.1, 0.15) is 5.82 Å². The molecule has 34 heavy (non-hydrogen) atoms. The summed E-state index contributed by atoms with van der Waals surface area (Å²) >= 11 is 1.55. The lowest BCUT2D eigenvalue weighted by Crippen LogP contribution is -2.58. The highest BCUT2D eigenvalue weighted by molar-refractivity contribution is 7.89. The summed E-state index contributed by atoms with van der Waals surface area (Å²) in [5.41, 5.74) is -0.808. The van der Waals surface area contributed by atoms with Gasteiger partial charge in [-0.15, -0.1) is 11.3 Å². The van der Waals surface area contributed by atoms with E-state index in [9.17, 15) is 21.6 Å². The van der Waals surface area contributed by atoms with Gasteiger partial charge in [-0.1, -0.05) is 0 Å². The van der Waals surface area contributed by atoms with Gasteiger partial charge in [0.05, 0.1) is 10.5 Å². The zero-order valence-corrected chi connectivity index (χ0v) is 20.3. The van der Waals surface area contributed by atoms with Crippen molar-refractivity contribution < 1.29 is 31.5 Å². The lowest BCUT2D eigenvalue weighted by Gasteiger charge is -2.43. The third-order valence-electron chi connectivity index (χ3n) is 5.33. The molecule has 184 valence electrons. The lowest BCUT2D eigenvalue weighted by molar-refractivity contribution is -0.138. The number of anilines is 1. The molecule has 0 radical (unpaired) electrons. The van der Waals surface area contributed by atoms with Crippen molar-refractivity contribution in [2.45, 2.75) is 43.9 Å². The van der Waals surface area contributed by atoms with Crippen LogP contribution < -0.4 is 4.90 Å². The van der Waals surface area contributed by atoms with Gasteiger partial charge < -0.3 is 10.0 Å². The first-order valence-electron chi connectivity index (χ1n) is 10.3. The molecule has 1 fully saturated rings. The molecule has 2 unspecified atom stereocenters. The van der Waals surface area contributed by atoms with Crippen LogP contribution in [0.3, 0.4) is 0 Å². The Morgan fingerprint density at radius 1 is 1.12 bits per heavy atom. The molecule has 1 aliphatic heterocycles. The van der Waals surface area contributed by atoms with Crippen molar-refractivity contribution in [2.75, 3.05) is 18.0 Å². The molecular formula is C22H24F3N3O4S2. The van der Waals surface area contributed by atoms with Crippen molar-refractivity contribution in [2.24, 2.45) is 0 Å². The first-order chi connectivity index (χ1) is 15.8. The standard InChI is InChI=1S/C20H20F3N3O2S2.C2H4O2/c1-13-12-26(30(27,28)17-4-5-18-15(9-17)7-8-29-18)14(2)11-25(13)19-6-3-16(10-24-19)20(21,22)23;1-2(3)4/h3-10,13-14H,11-12H2,1-2H3;1H3,(H,3,4). The van der Waals surface area contributed by atoms with Crippen molar-refractivity contribution in [3.05, 3.63) is 53.5 Å². The number of hydrogen-bond donors (Lipinski definition) is 1. The number of thiophene rings is 1. The first-order valence-corrected chi connectivity index (χ1v) is 12.6. The largest absolute Gasteiger partial charge is 0.481 e. The quantitative estimate of drug-likeness (QED) is 0.544. The minimum atomic E-state index is -4.44. The Morgan fingerprint density at radius 2 is 1.79 bits per heavy atom. The number of alkyl halides is 3. The minimum Gasteiger partial charge on any atom is -0.481 e. The van der Waals surface area contributed by atoms with E-state index in [2.05, 4.69) is 4.98 Å². The molecule has 0 spiro atoms. The van der Waals surface area contributed by atoms with Gasteiger partial charge in [0.15, 0.2) is 0 Å². The number of carbonyl (C=O) groups is 1. The molecule has 2 aromatic heterocycles. The molecule has 7 nitrogen and oxygen atoms in total. The first kappa shape index (κ1) is 25.9. The summed E-state index contributed by atoms with van der Waals surface area (Å²) in [5, 5.41) is 10.2. The van der Waals surface area contributed by atoms with Gasteiger partial charge in [-0.05, 0) is 61.0 Å². The van der Waals surface area contributed by atoms with Gasteiger partial charge in [0.25, 0.3) is 5.97 Å². The third kappa shape index (κ3) is 5.68. The van der Waals surface area contributed by atoms with Crippen molar-refractivity contribution in [3.63, 3.8) is 0 Å². The molecule has 3 heterocycles. The van der Waals surface area contributed by atoms with E-state index in [1.165, 1.54) is 10.4 Å². The summed E-state index contributed by atoms with van der Waals surface area (Å²) in [6.45, 7) is 5.27. The van der Waals surface area contributed by atoms with Crippen LogP contribution in [0.1, 0.15) is 26.3 Å². The molecule has 1 aliphatic rings. The number of piperazine rings is 1. The smallest absolute Gasteiger partial charge is 0.417 e. The zero-order valence-electron chi connectivity index (χ0n) is 18.7. The van der Waals surface area contributed by atoms with Gasteiger partial charge in [0.2, 0.25) is 10.0 Å². The maximum Gasteiger partial charge on any atom is 0.417 e. The summed E-state index contributed by atoms with van der Waals surface area (Å²) in [5.74, 6) is -0.431. The summed E-state index contributed by atoms with van der Waals surface area (Å²) < 4.78 is 67.4. The number of rotatable bonds is 3. The Labute approximate surface area is 199 Å². The van der Waals surface area contributed by atoms with E-state index in [0.717, 1.165) is 29.3 Å². The Kier molecular flexibility index (Phi) is 7.53. The number of benzene rings is 1. The summed E-state index contributed by atoms with van der Waals surface area (Å²) in [4.78, 5) is 15.1. The summed E-state index contributed by atoms with van der Waals surface area (Å²) in [7, 11) is -3.70. The van der Waals surface area contributed by atoms with Crippen LogP contribution in [0.15, 0.2) is 52.9 Å². The Hall–Kier alpha value is -2.70. The van der Waals surface area contributed by atoms with Crippen molar-refractivity contribution >= 4 is 43.2 Å². The molecule has 0 amide bonds. The van der Waals surface area contributed by atoms with Crippen molar-refractivity contribution in [1.29, 1.82) is 0 Å². The van der Waals surface area contributed by atoms with Gasteiger partial charge in [-0.2, -0.15) is 17.5 Å². The van der Waals surface area contributed by atoms with Crippen molar-refractivity contribution in [1.82, 2.24) is 9.29 Å². The fourth-order valence-corrected chi connectivity index (χ4v) is 6.22. The minimum absolute atomic E-state index is 0.216. The number of halogens is 3. The van der Waals surface area contributed by atoms with Crippen LogP contribution in [-0.4, -0.2) is 54.0 Å². The van der Waals surface area contributed by atoms with Crippen LogP contribution in [0.25, 0.3) is 10.1 Å². The Morgan fingerprint density at radius 3 is 2.38 bits per heavy atom. The monoisotopic (exact) mass is 515 g/mol. The molecule has 0 bridgehead atoms. The Bertz CT molecular complexity index is 1260. The van der Waals surface area contributed by atoms with Crippen LogP contribution in [0.5, 0.6) is 0 Å². The van der Waals surface area contributed by atoms with E-state index in [1.807, 2.05) is 29.3 Å². The molecule has 0 saturated carbocycles. The maximum absolute atomic E-state index is 13.3. The number of sulfonamides is 1. The van der Waals surface area contributed by atoms with Crippen LogP contribution >= 0.6 is 11.3 Å². The summed E-state index contributed by atoms with van der Waals surface area (Å²) in [6, 6.07) is 8.72. The average molecular weight is 516 g/mol. The topological polar surface area (TPSA) is 90.8 Å². The molecule has 12 heteroatoms. The van der Waals surface area contributed by atoms with Crippen molar-refractivity contribution in [3.8, 4) is 0 Å². The highest BCUT2D eigenvalue weighted by atomic mass is 32.2. The molecule has 2 atom stereocenters. The van der Waals surface area contributed by atoms with Crippen LogP contribution in [0, 0.1) is 0 Å². The van der Waals surface area contributed by atoms with Crippen LogP contribution in [0.4, 0.5) is 19.0 Å². The predicted octanol–water partition coefficient (Wildman–Crippen LogP) is 4.69. The molecule has 0 aliphatic carbocycles. The SMILES string of the molecule is CC(=O)O.CC1CN(S(=O)(=O)c2ccc3sccc3c2)C(C)CN1c1ccc(C(F)(F)F)cn1. The molecule has 1 aromatic carbocycles. The second kappa shape index (κ2) is 9.88. The molecule has 4 rings (SSSR count). The van der Waals surface area contributed by atoms with Crippen LogP contribution in [0.2, 0.25) is 0 Å². The highest BCUT2D eigenvalue weighted by Crippen LogP contribution is 2.32. The van der Waals surface area contributed by atoms with E-state index in [1.54, 1.807) is 30.4 Å². The van der Waals surface area contributed by atoms with Gasteiger partial charge in [-0.25, -0.2) is 13.4 Å². The molecule has 3 aromatic rings. The fourth-order valence-electron chi connectivity index (χ4n) is 3.71. The molecule has 1 N–H and O–H groups in total. The normalized spacial score (nSPS) is 19.5. The number of hydrogen-bond acceptors (Lipinski definition) is 6. The van der Waals surface area contributed by atoms with E-state index >= 15 is 0 Å². The number of carboxylic acids is 1. The maximum atomic E-state index is 13.3. The number of pyridine rings is 1. The number of aromatic nitrogens is 1. The van der Waals surface area contributed by atoms with Gasteiger partial charge >= 0.3 is 6.18 Å². The second-order valence-electron chi connectivity index (χ2n) is 7.97. The lowest BCUT2D eigenvalue weighted by atomic mass is 10.1. The van der Waals surface area contributed by atoms with Gasteiger partial charge in [0, 0.05) is 43.0 Å². The average Bonchev–Trinajstić information content (AvgIpc) is 3.22. The summed E-state index contributed by atoms with van der Waals surface area (Å²) in [6.07, 6.45) is -3.63. The molecular weight excluding hydrogens is 491 g/mol. The zero-order chi connectivity index (χ0) is 25.3. The predicted molar refractivity (Wildman–Crippen MR) is 125 cm³/mol. The third-order valence-corrected chi connectivity index (χ3v) is 8.20. The molecule has 1 saturated heterocycles. The number of aliphatic carboxylic acids is 1. The van der Waals surface area contributed by atoms with E-state index in [4.69, 9.17) is 9.90 Å². The number of fused-ring (bicyclic) bond motifs is 1.